The van der Waals surface area contributed by atoms with Gasteiger partial charge in [0.15, 0.2) is 0 Å². The SMILES string of the molecule is CCCCCCCC/C=C/CCCCCCCCCCCCCC(=O)OCC(O)COP(=O)(O)OCCNC(=O)CCCCCCCCC. The lowest BCUT2D eigenvalue weighted by atomic mass is 10.0. The standard InChI is InChI=1S/C39H76NO8P/c1-3-5-7-9-11-12-13-14-15-16-17-18-19-20-21-22-23-24-26-28-30-32-39(43)46-35-37(41)36-48-49(44,45)47-34-33-40-38(42)31-29-27-25-10-8-6-4-2/h14-15,37,41H,3-13,16-36H2,1-2H3,(H,40,42)(H,44,45)/b15-14+. The van der Waals surface area contributed by atoms with E-state index in [1.54, 1.807) is 0 Å². The Labute approximate surface area is 300 Å². The molecule has 10 heteroatoms. The monoisotopic (exact) mass is 718 g/mol. The van der Waals surface area contributed by atoms with Crippen LogP contribution in [0, 0.1) is 0 Å². The largest absolute Gasteiger partial charge is 0.472 e. The van der Waals surface area contributed by atoms with Crippen LogP contribution in [0.15, 0.2) is 12.2 Å². The van der Waals surface area contributed by atoms with Crippen molar-refractivity contribution >= 4 is 19.7 Å². The molecule has 3 N–H and O–H groups in total. The smallest absolute Gasteiger partial charge is 0.463 e. The number of phosphoric acid groups is 1. The fourth-order valence-corrected chi connectivity index (χ4v) is 6.37. The number of phosphoric ester groups is 1. The maximum Gasteiger partial charge on any atom is 0.472 e. The van der Waals surface area contributed by atoms with Crippen molar-refractivity contribution in [3.8, 4) is 0 Å². The Hall–Kier alpha value is -1.25. The van der Waals surface area contributed by atoms with E-state index in [0.717, 1.165) is 38.5 Å². The van der Waals surface area contributed by atoms with Crippen molar-refractivity contribution in [2.24, 2.45) is 0 Å². The van der Waals surface area contributed by atoms with E-state index in [2.05, 4.69) is 31.3 Å². The van der Waals surface area contributed by atoms with Gasteiger partial charge in [-0.25, -0.2) is 4.57 Å². The summed E-state index contributed by atoms with van der Waals surface area (Å²) in [5.74, 6) is -0.518. The maximum absolute atomic E-state index is 12.0. The Morgan fingerprint density at radius 1 is 0.612 bits per heavy atom. The second-order valence-electron chi connectivity index (χ2n) is 13.6. The molecule has 2 unspecified atom stereocenters. The second-order valence-corrected chi connectivity index (χ2v) is 15.1. The molecule has 0 spiro atoms. The van der Waals surface area contributed by atoms with Gasteiger partial charge in [-0.05, 0) is 38.5 Å². The lowest BCUT2D eigenvalue weighted by molar-refractivity contribution is -0.147. The molecule has 0 radical (unpaired) electrons. The van der Waals surface area contributed by atoms with Gasteiger partial charge in [-0.2, -0.15) is 0 Å². The van der Waals surface area contributed by atoms with Crippen LogP contribution in [0.3, 0.4) is 0 Å². The highest BCUT2D eigenvalue weighted by atomic mass is 31.2. The number of carbonyl (C=O) groups excluding carboxylic acids is 2. The molecule has 0 aliphatic carbocycles. The number of allylic oxidation sites excluding steroid dienone is 2. The third-order valence-electron chi connectivity index (χ3n) is 8.70. The quantitative estimate of drug-likeness (QED) is 0.0249. The molecule has 0 aromatic heterocycles. The van der Waals surface area contributed by atoms with E-state index < -0.39 is 26.5 Å². The summed E-state index contributed by atoms with van der Waals surface area (Å²) in [7, 11) is -4.40. The molecule has 49 heavy (non-hydrogen) atoms. The number of ether oxygens (including phenoxy) is 1. The average Bonchev–Trinajstić information content (AvgIpc) is 3.08. The summed E-state index contributed by atoms with van der Waals surface area (Å²) in [4.78, 5) is 33.6. The number of hydrogen-bond acceptors (Lipinski definition) is 7. The average molecular weight is 718 g/mol. The van der Waals surface area contributed by atoms with Gasteiger partial charge in [0.05, 0.1) is 13.2 Å². The van der Waals surface area contributed by atoms with E-state index in [1.165, 1.54) is 128 Å². The Morgan fingerprint density at radius 3 is 1.53 bits per heavy atom. The van der Waals surface area contributed by atoms with Crippen molar-refractivity contribution in [1.29, 1.82) is 0 Å². The molecule has 0 saturated heterocycles. The molecule has 2 atom stereocenters. The number of rotatable bonds is 38. The molecule has 1 amide bonds. The van der Waals surface area contributed by atoms with Gasteiger partial charge in [0, 0.05) is 19.4 Å². The maximum atomic E-state index is 12.0. The summed E-state index contributed by atoms with van der Waals surface area (Å²) in [5, 5.41) is 12.6. The van der Waals surface area contributed by atoms with Crippen LogP contribution < -0.4 is 5.32 Å². The molecular weight excluding hydrogens is 641 g/mol. The van der Waals surface area contributed by atoms with Gasteiger partial charge in [0.2, 0.25) is 5.91 Å². The molecule has 0 heterocycles. The Morgan fingerprint density at radius 2 is 1.04 bits per heavy atom. The minimum absolute atomic E-state index is 0.0846. The van der Waals surface area contributed by atoms with Gasteiger partial charge in [-0.15, -0.1) is 0 Å². The number of carbonyl (C=O) groups is 2. The van der Waals surface area contributed by atoms with E-state index in [-0.39, 0.29) is 32.1 Å². The van der Waals surface area contributed by atoms with Crippen molar-refractivity contribution in [1.82, 2.24) is 5.32 Å². The fourth-order valence-electron chi connectivity index (χ4n) is 5.61. The number of aliphatic hydroxyl groups is 1. The highest BCUT2D eigenvalue weighted by molar-refractivity contribution is 7.47. The number of amides is 1. The van der Waals surface area contributed by atoms with Gasteiger partial charge in [-0.3, -0.25) is 18.6 Å². The molecule has 0 aliphatic heterocycles. The Kier molecular flexibility index (Phi) is 35.6. The topological polar surface area (TPSA) is 131 Å². The van der Waals surface area contributed by atoms with E-state index >= 15 is 0 Å². The number of aliphatic hydroxyl groups excluding tert-OH is 1. The van der Waals surface area contributed by atoms with Crippen LogP contribution in [-0.2, 0) is 27.9 Å². The first-order valence-electron chi connectivity index (χ1n) is 20.2. The van der Waals surface area contributed by atoms with Crippen molar-refractivity contribution < 1.29 is 37.9 Å². The zero-order valence-electron chi connectivity index (χ0n) is 31.7. The minimum atomic E-state index is -4.40. The van der Waals surface area contributed by atoms with Crippen molar-refractivity contribution in [3.63, 3.8) is 0 Å². The molecular formula is C39H76NO8P. The molecule has 290 valence electrons. The number of esters is 1. The summed E-state index contributed by atoms with van der Waals surface area (Å²) in [6, 6.07) is 0. The van der Waals surface area contributed by atoms with Crippen molar-refractivity contribution in [2.45, 2.75) is 200 Å². The molecule has 9 nitrogen and oxygen atoms in total. The van der Waals surface area contributed by atoms with Gasteiger partial charge in [0.1, 0.15) is 12.7 Å². The predicted molar refractivity (Wildman–Crippen MR) is 201 cm³/mol. The van der Waals surface area contributed by atoms with Crippen LogP contribution >= 0.6 is 7.82 Å². The third-order valence-corrected chi connectivity index (χ3v) is 9.68. The van der Waals surface area contributed by atoms with Crippen LogP contribution in [-0.4, -0.2) is 54.3 Å². The zero-order valence-corrected chi connectivity index (χ0v) is 32.5. The van der Waals surface area contributed by atoms with Crippen LogP contribution in [0.25, 0.3) is 0 Å². The Balaban J connectivity index is 3.54. The fraction of sp³-hybridized carbons (Fsp3) is 0.897. The summed E-state index contributed by atoms with van der Waals surface area (Å²) in [5.41, 5.74) is 0. The second kappa shape index (κ2) is 36.5. The predicted octanol–water partition coefficient (Wildman–Crippen LogP) is 10.7. The number of unbranched alkanes of at least 4 members (excludes halogenated alkanes) is 23. The third kappa shape index (κ3) is 37.8. The van der Waals surface area contributed by atoms with Crippen LogP contribution in [0.5, 0.6) is 0 Å². The highest BCUT2D eigenvalue weighted by Crippen LogP contribution is 2.42. The van der Waals surface area contributed by atoms with E-state index in [1.807, 2.05) is 0 Å². The first-order valence-corrected chi connectivity index (χ1v) is 21.7. The van der Waals surface area contributed by atoms with Gasteiger partial charge < -0.3 is 20.1 Å². The van der Waals surface area contributed by atoms with Crippen molar-refractivity contribution in [3.05, 3.63) is 12.2 Å². The van der Waals surface area contributed by atoms with Crippen LogP contribution in [0.2, 0.25) is 0 Å². The van der Waals surface area contributed by atoms with Crippen LogP contribution in [0.1, 0.15) is 194 Å². The normalized spacial score (nSPS) is 13.5. The molecule has 0 rings (SSSR count). The highest BCUT2D eigenvalue weighted by Gasteiger charge is 2.23. The number of nitrogens with one attached hydrogen (secondary N) is 1. The van der Waals surface area contributed by atoms with Crippen LogP contribution in [0.4, 0.5) is 0 Å². The molecule has 0 aliphatic rings. The first-order chi connectivity index (χ1) is 23.8. The molecule has 0 bridgehead atoms. The zero-order chi connectivity index (χ0) is 36.1. The lowest BCUT2D eigenvalue weighted by Gasteiger charge is -2.15. The van der Waals surface area contributed by atoms with Gasteiger partial charge >= 0.3 is 13.8 Å². The van der Waals surface area contributed by atoms with E-state index in [4.69, 9.17) is 13.8 Å². The summed E-state index contributed by atoms with van der Waals surface area (Å²) < 4.78 is 26.7. The molecule has 0 aromatic rings. The summed E-state index contributed by atoms with van der Waals surface area (Å²) >= 11 is 0. The first kappa shape index (κ1) is 47.8. The lowest BCUT2D eigenvalue weighted by Crippen LogP contribution is -2.27. The summed E-state index contributed by atoms with van der Waals surface area (Å²) in [6.07, 6.45) is 35.9. The van der Waals surface area contributed by atoms with Crippen molar-refractivity contribution in [2.75, 3.05) is 26.4 Å². The van der Waals surface area contributed by atoms with Gasteiger partial charge in [-0.1, -0.05) is 154 Å². The van der Waals surface area contributed by atoms with Gasteiger partial charge in [0.25, 0.3) is 0 Å². The molecule has 0 fully saturated rings. The molecule has 0 aromatic carbocycles. The summed E-state index contributed by atoms with van der Waals surface area (Å²) in [6.45, 7) is 3.51. The number of hydrogen-bond donors (Lipinski definition) is 3. The minimum Gasteiger partial charge on any atom is -0.463 e. The molecule has 0 saturated carbocycles. The van der Waals surface area contributed by atoms with E-state index in [9.17, 15) is 24.2 Å². The van der Waals surface area contributed by atoms with E-state index in [0.29, 0.717) is 6.42 Å². The Bertz CT molecular complexity index is 825.